The van der Waals surface area contributed by atoms with Crippen LogP contribution >= 0.6 is 22.7 Å². The number of amides is 1. The summed E-state index contributed by atoms with van der Waals surface area (Å²) in [6, 6.07) is 6.21. The van der Waals surface area contributed by atoms with E-state index < -0.39 is 0 Å². The van der Waals surface area contributed by atoms with Gasteiger partial charge in [0, 0.05) is 29.9 Å². The second-order valence-electron chi connectivity index (χ2n) is 5.88. The van der Waals surface area contributed by atoms with Gasteiger partial charge in [0.2, 0.25) is 0 Å². The topological polar surface area (TPSA) is 46.1 Å². The van der Waals surface area contributed by atoms with Crippen molar-refractivity contribution < 1.29 is 4.79 Å². The molecule has 0 aromatic carbocycles. The summed E-state index contributed by atoms with van der Waals surface area (Å²) in [7, 11) is 0. The number of aromatic nitrogens is 2. The van der Waals surface area contributed by atoms with Gasteiger partial charge in [0.1, 0.15) is 9.88 Å². The first-order valence-electron chi connectivity index (χ1n) is 7.95. The Hall–Kier alpha value is -2.05. The van der Waals surface area contributed by atoms with Crippen LogP contribution in [0.2, 0.25) is 0 Å². The van der Waals surface area contributed by atoms with E-state index in [1.165, 1.54) is 11.3 Å². The Morgan fingerprint density at radius 2 is 2.12 bits per heavy atom. The number of rotatable bonds is 3. The fourth-order valence-electron chi connectivity index (χ4n) is 3.18. The highest BCUT2D eigenvalue weighted by Crippen LogP contribution is 2.36. The lowest BCUT2D eigenvalue weighted by Crippen LogP contribution is -2.30. The number of thiazole rings is 1. The monoisotopic (exact) mass is 355 g/mol. The number of likely N-dealkylation sites (tertiary alicyclic amines) is 1. The maximum atomic E-state index is 13.1. The van der Waals surface area contributed by atoms with E-state index >= 15 is 0 Å². The Kier molecular flexibility index (Phi) is 4.16. The minimum atomic E-state index is 0.103. The van der Waals surface area contributed by atoms with Gasteiger partial charge in [-0.05, 0) is 48.9 Å². The van der Waals surface area contributed by atoms with E-state index in [0.717, 1.165) is 46.1 Å². The lowest BCUT2D eigenvalue weighted by Gasteiger charge is -2.24. The normalized spacial score (nSPS) is 17.4. The molecule has 4 rings (SSSR count). The predicted molar refractivity (Wildman–Crippen MR) is 97.4 cm³/mol. The summed E-state index contributed by atoms with van der Waals surface area (Å²) in [6.07, 6.45) is 5.63. The molecular weight excluding hydrogens is 338 g/mol. The van der Waals surface area contributed by atoms with Crippen molar-refractivity contribution >= 4 is 28.6 Å². The minimum Gasteiger partial charge on any atom is -0.331 e. The van der Waals surface area contributed by atoms with Crippen molar-refractivity contribution in [3.63, 3.8) is 0 Å². The number of nitrogens with zero attached hydrogens (tertiary/aromatic N) is 3. The molecule has 3 aromatic heterocycles. The average molecular weight is 355 g/mol. The summed E-state index contributed by atoms with van der Waals surface area (Å²) in [5, 5.41) is 5.03. The van der Waals surface area contributed by atoms with E-state index in [-0.39, 0.29) is 11.9 Å². The van der Waals surface area contributed by atoms with Gasteiger partial charge in [-0.3, -0.25) is 9.78 Å². The highest BCUT2D eigenvalue weighted by molar-refractivity contribution is 7.17. The zero-order valence-electron chi connectivity index (χ0n) is 13.3. The fraction of sp³-hybridized carbons (Fsp3) is 0.278. The molecule has 1 amide bonds. The van der Waals surface area contributed by atoms with Gasteiger partial charge in [-0.15, -0.1) is 11.3 Å². The summed E-state index contributed by atoms with van der Waals surface area (Å²) in [5.41, 5.74) is 3.09. The van der Waals surface area contributed by atoms with E-state index in [9.17, 15) is 4.79 Å². The lowest BCUT2D eigenvalue weighted by molar-refractivity contribution is 0.0739. The molecule has 1 atom stereocenters. The van der Waals surface area contributed by atoms with Crippen LogP contribution in [0, 0.1) is 6.92 Å². The molecule has 3 aromatic rings. The first kappa shape index (κ1) is 15.5. The SMILES string of the molecule is Cc1nc(-c2ccsc2)sc1C(=O)N1CCCC1c1ccncc1. The molecule has 122 valence electrons. The van der Waals surface area contributed by atoms with Crippen molar-refractivity contribution in [1.29, 1.82) is 0 Å². The van der Waals surface area contributed by atoms with E-state index in [1.54, 1.807) is 23.7 Å². The van der Waals surface area contributed by atoms with Gasteiger partial charge in [0.25, 0.3) is 5.91 Å². The Labute approximate surface area is 148 Å². The summed E-state index contributed by atoms with van der Waals surface area (Å²) < 4.78 is 0. The smallest absolute Gasteiger partial charge is 0.266 e. The van der Waals surface area contributed by atoms with Crippen molar-refractivity contribution in [2.24, 2.45) is 0 Å². The number of carbonyl (C=O) groups is 1. The molecule has 6 heteroatoms. The number of carbonyl (C=O) groups excluding carboxylic acids is 1. The highest BCUT2D eigenvalue weighted by Gasteiger charge is 2.32. The van der Waals surface area contributed by atoms with Crippen molar-refractivity contribution in [2.75, 3.05) is 6.54 Å². The predicted octanol–water partition coefficient (Wildman–Crippen LogP) is 4.55. The molecule has 1 aliphatic heterocycles. The van der Waals surface area contributed by atoms with E-state index in [4.69, 9.17) is 0 Å². The number of hydrogen-bond acceptors (Lipinski definition) is 5. The molecule has 0 radical (unpaired) electrons. The van der Waals surface area contributed by atoms with Gasteiger partial charge < -0.3 is 4.90 Å². The number of thiophene rings is 1. The molecule has 1 saturated heterocycles. The minimum absolute atomic E-state index is 0.103. The van der Waals surface area contributed by atoms with Gasteiger partial charge in [0.05, 0.1) is 11.7 Å². The molecule has 1 fully saturated rings. The summed E-state index contributed by atoms with van der Waals surface area (Å²) in [5.74, 6) is 0.103. The molecule has 1 aliphatic rings. The van der Waals surface area contributed by atoms with E-state index in [2.05, 4.69) is 15.3 Å². The van der Waals surface area contributed by atoms with Crippen molar-refractivity contribution in [2.45, 2.75) is 25.8 Å². The molecule has 4 nitrogen and oxygen atoms in total. The molecule has 0 bridgehead atoms. The first-order chi connectivity index (χ1) is 11.7. The van der Waals surface area contributed by atoms with Crippen molar-refractivity contribution in [3.05, 3.63) is 57.5 Å². The van der Waals surface area contributed by atoms with Crippen LogP contribution < -0.4 is 0 Å². The van der Waals surface area contributed by atoms with Crippen LogP contribution in [0.25, 0.3) is 10.6 Å². The number of hydrogen-bond donors (Lipinski definition) is 0. The fourth-order valence-corrected chi connectivity index (χ4v) is 4.91. The van der Waals surface area contributed by atoms with Crippen LogP contribution in [-0.4, -0.2) is 27.3 Å². The molecule has 4 heterocycles. The Bertz CT molecular complexity index is 843. The number of aryl methyl sites for hydroxylation is 1. The van der Waals surface area contributed by atoms with Crippen molar-refractivity contribution in [3.8, 4) is 10.6 Å². The summed E-state index contributed by atoms with van der Waals surface area (Å²) in [4.78, 5) is 24.6. The van der Waals surface area contributed by atoms with Gasteiger partial charge in [-0.1, -0.05) is 0 Å². The average Bonchev–Trinajstić information content (AvgIpc) is 3.35. The van der Waals surface area contributed by atoms with Crippen LogP contribution in [0.4, 0.5) is 0 Å². The van der Waals surface area contributed by atoms with Crippen LogP contribution in [0.3, 0.4) is 0 Å². The summed E-state index contributed by atoms with van der Waals surface area (Å²) in [6.45, 7) is 2.73. The largest absolute Gasteiger partial charge is 0.331 e. The zero-order chi connectivity index (χ0) is 16.5. The van der Waals surface area contributed by atoms with Crippen LogP contribution in [0.15, 0.2) is 41.4 Å². The molecule has 24 heavy (non-hydrogen) atoms. The Morgan fingerprint density at radius 1 is 1.29 bits per heavy atom. The van der Waals surface area contributed by atoms with Crippen LogP contribution in [0.1, 0.15) is 39.8 Å². The highest BCUT2D eigenvalue weighted by atomic mass is 32.1. The summed E-state index contributed by atoms with van der Waals surface area (Å²) >= 11 is 3.15. The third-order valence-corrected chi connectivity index (χ3v) is 6.24. The first-order valence-corrected chi connectivity index (χ1v) is 9.71. The molecule has 1 unspecified atom stereocenters. The Morgan fingerprint density at radius 3 is 2.88 bits per heavy atom. The van der Waals surface area contributed by atoms with E-state index in [1.807, 2.05) is 35.4 Å². The lowest BCUT2D eigenvalue weighted by atomic mass is 10.1. The molecule has 0 spiro atoms. The van der Waals surface area contributed by atoms with Crippen LogP contribution in [-0.2, 0) is 0 Å². The zero-order valence-corrected chi connectivity index (χ0v) is 14.9. The molecular formula is C18H17N3OS2. The van der Waals surface area contributed by atoms with Gasteiger partial charge >= 0.3 is 0 Å². The third kappa shape index (κ3) is 2.76. The standard InChI is InChI=1S/C18H17N3OS2/c1-12-16(24-17(20-12)14-6-10-23-11-14)18(22)21-9-2-3-15(21)13-4-7-19-8-5-13/h4-8,10-11,15H,2-3,9H2,1H3. The Balaban J connectivity index is 1.64. The number of pyridine rings is 1. The van der Waals surface area contributed by atoms with Crippen molar-refractivity contribution in [1.82, 2.24) is 14.9 Å². The maximum absolute atomic E-state index is 13.1. The van der Waals surface area contributed by atoms with E-state index in [0.29, 0.717) is 0 Å². The maximum Gasteiger partial charge on any atom is 0.266 e. The third-order valence-electron chi connectivity index (χ3n) is 4.36. The molecule has 0 saturated carbocycles. The molecule has 0 aliphatic carbocycles. The van der Waals surface area contributed by atoms with Gasteiger partial charge in [-0.2, -0.15) is 11.3 Å². The van der Waals surface area contributed by atoms with Crippen LogP contribution in [0.5, 0.6) is 0 Å². The van der Waals surface area contributed by atoms with Gasteiger partial charge in [-0.25, -0.2) is 4.98 Å². The quantitative estimate of drug-likeness (QED) is 0.692. The second kappa shape index (κ2) is 6.45. The molecule has 0 N–H and O–H groups in total. The van der Waals surface area contributed by atoms with Gasteiger partial charge in [0.15, 0.2) is 0 Å². The second-order valence-corrected chi connectivity index (χ2v) is 7.66.